The highest BCUT2D eigenvalue weighted by Crippen LogP contribution is 2.24. The van der Waals surface area contributed by atoms with Gasteiger partial charge in [0.1, 0.15) is 0 Å². The van der Waals surface area contributed by atoms with Gasteiger partial charge in [-0.2, -0.15) is 8.42 Å². The molecule has 0 heterocycles. The van der Waals surface area contributed by atoms with Gasteiger partial charge in [-0.05, 0) is 35.4 Å². The van der Waals surface area contributed by atoms with Crippen LogP contribution in [0.25, 0.3) is 11.1 Å². The van der Waals surface area contributed by atoms with Crippen molar-refractivity contribution in [3.63, 3.8) is 0 Å². The first-order valence-electron chi connectivity index (χ1n) is 6.83. The maximum Gasteiger partial charge on any atom is 0.394 e. The van der Waals surface area contributed by atoms with E-state index in [9.17, 15) is 0 Å². The third-order valence-electron chi connectivity index (χ3n) is 3.10. The van der Waals surface area contributed by atoms with Gasteiger partial charge >= 0.3 is 10.4 Å². The molecule has 0 bridgehead atoms. The predicted molar refractivity (Wildman–Crippen MR) is 94.7 cm³/mol. The smallest absolute Gasteiger partial charge is 0.378 e. The average Bonchev–Trinajstić information content (AvgIpc) is 2.46. The van der Waals surface area contributed by atoms with Crippen LogP contribution in [0.3, 0.4) is 0 Å². The summed E-state index contributed by atoms with van der Waals surface area (Å²) >= 11 is 0. The second kappa shape index (κ2) is 7.96. The predicted octanol–water partition coefficient (Wildman–Crippen LogP) is 2.83. The van der Waals surface area contributed by atoms with Crippen molar-refractivity contribution in [3.8, 4) is 11.1 Å². The minimum Gasteiger partial charge on any atom is -0.378 e. The molecular weight excluding hydrogens is 316 g/mol. The quantitative estimate of drug-likeness (QED) is 0.838. The van der Waals surface area contributed by atoms with Crippen LogP contribution in [-0.4, -0.2) is 45.7 Å². The highest BCUT2D eigenvalue weighted by atomic mass is 32.3. The zero-order valence-electron chi connectivity index (χ0n) is 13.6. The van der Waals surface area contributed by atoms with Crippen molar-refractivity contribution in [1.82, 2.24) is 0 Å². The maximum atomic E-state index is 8.74. The molecule has 2 aromatic rings. The van der Waals surface area contributed by atoms with Gasteiger partial charge in [0.15, 0.2) is 0 Å². The van der Waals surface area contributed by atoms with Crippen molar-refractivity contribution >= 4 is 21.8 Å². The fraction of sp³-hybridized carbons (Fsp3) is 0.250. The van der Waals surface area contributed by atoms with Crippen molar-refractivity contribution < 1.29 is 17.5 Å². The van der Waals surface area contributed by atoms with Gasteiger partial charge in [0, 0.05) is 39.6 Å². The zero-order valence-corrected chi connectivity index (χ0v) is 14.4. The Morgan fingerprint density at radius 3 is 1.04 bits per heavy atom. The second-order valence-corrected chi connectivity index (χ2v) is 6.23. The van der Waals surface area contributed by atoms with Crippen LogP contribution in [0, 0.1) is 0 Å². The van der Waals surface area contributed by atoms with Gasteiger partial charge in [0.25, 0.3) is 0 Å². The minimum absolute atomic E-state index is 1.23. The summed E-state index contributed by atoms with van der Waals surface area (Å²) in [6.45, 7) is 0. The van der Waals surface area contributed by atoms with Gasteiger partial charge in [0.2, 0.25) is 0 Å². The number of nitrogens with zero attached hydrogens (tertiary/aromatic N) is 2. The molecule has 0 fully saturated rings. The molecule has 7 heteroatoms. The Morgan fingerprint density at radius 1 is 0.652 bits per heavy atom. The van der Waals surface area contributed by atoms with E-state index in [0.717, 1.165) is 0 Å². The van der Waals surface area contributed by atoms with Gasteiger partial charge < -0.3 is 9.80 Å². The molecule has 2 aromatic carbocycles. The molecule has 0 amide bonds. The van der Waals surface area contributed by atoms with Crippen LogP contribution in [0.5, 0.6) is 0 Å². The Hall–Kier alpha value is -2.09. The summed E-state index contributed by atoms with van der Waals surface area (Å²) < 4.78 is 31.6. The van der Waals surface area contributed by atoms with Crippen molar-refractivity contribution in [2.45, 2.75) is 0 Å². The summed E-state index contributed by atoms with van der Waals surface area (Å²) in [6.07, 6.45) is 0. The first-order valence-corrected chi connectivity index (χ1v) is 8.22. The summed E-state index contributed by atoms with van der Waals surface area (Å²) in [5, 5.41) is 0. The van der Waals surface area contributed by atoms with Crippen molar-refractivity contribution in [3.05, 3.63) is 48.5 Å². The molecule has 2 rings (SSSR count). The molecule has 0 radical (unpaired) electrons. The molecule has 2 N–H and O–H groups in total. The largest absolute Gasteiger partial charge is 0.394 e. The standard InChI is InChI=1S/C16H20N2.H2O4S/c1-17(2)15-9-5-13(6-10-15)14-7-11-16(12-8-14)18(3)4;1-5(2,3)4/h5-12H,1-4H3;(H2,1,2,3,4). The van der Waals surface area contributed by atoms with Crippen LogP contribution in [0.1, 0.15) is 0 Å². The van der Waals surface area contributed by atoms with E-state index in [2.05, 4.69) is 86.5 Å². The molecule has 0 aromatic heterocycles. The highest BCUT2D eigenvalue weighted by molar-refractivity contribution is 7.79. The number of anilines is 2. The first kappa shape index (κ1) is 19.0. The second-order valence-electron chi connectivity index (χ2n) is 5.33. The molecule has 0 saturated carbocycles. The van der Waals surface area contributed by atoms with Crippen LogP contribution in [0.2, 0.25) is 0 Å². The molecule has 126 valence electrons. The minimum atomic E-state index is -4.67. The van der Waals surface area contributed by atoms with E-state index in [0.29, 0.717) is 0 Å². The molecule has 0 aliphatic heterocycles. The number of benzene rings is 2. The van der Waals surface area contributed by atoms with Crippen LogP contribution in [-0.2, 0) is 10.4 Å². The Balaban J connectivity index is 0.000000463. The van der Waals surface area contributed by atoms with Gasteiger partial charge in [-0.15, -0.1) is 0 Å². The lowest BCUT2D eigenvalue weighted by Gasteiger charge is -2.14. The Morgan fingerprint density at radius 2 is 0.870 bits per heavy atom. The van der Waals surface area contributed by atoms with Crippen LogP contribution < -0.4 is 9.80 Å². The van der Waals surface area contributed by atoms with E-state index in [-0.39, 0.29) is 0 Å². The fourth-order valence-corrected chi connectivity index (χ4v) is 1.90. The molecule has 0 atom stereocenters. The Labute approximate surface area is 137 Å². The van der Waals surface area contributed by atoms with Crippen molar-refractivity contribution in [2.24, 2.45) is 0 Å². The molecular formula is C16H22N2O4S. The monoisotopic (exact) mass is 338 g/mol. The van der Waals surface area contributed by atoms with Gasteiger partial charge in [-0.25, -0.2) is 0 Å². The number of rotatable bonds is 3. The maximum absolute atomic E-state index is 8.74. The lowest BCUT2D eigenvalue weighted by Crippen LogP contribution is -2.08. The van der Waals surface area contributed by atoms with E-state index in [1.807, 2.05) is 0 Å². The summed E-state index contributed by atoms with van der Waals surface area (Å²) in [7, 11) is 3.56. The van der Waals surface area contributed by atoms with E-state index in [1.54, 1.807) is 0 Å². The molecule has 0 aliphatic carbocycles. The SMILES string of the molecule is CN(C)c1ccc(-c2ccc(N(C)C)cc2)cc1.O=S(=O)(O)O. The summed E-state index contributed by atoms with van der Waals surface area (Å²) in [6, 6.07) is 17.3. The third-order valence-corrected chi connectivity index (χ3v) is 3.10. The van der Waals surface area contributed by atoms with Gasteiger partial charge in [-0.3, -0.25) is 9.11 Å². The van der Waals surface area contributed by atoms with Crippen molar-refractivity contribution in [1.29, 1.82) is 0 Å². The first-order chi connectivity index (χ1) is 10.6. The van der Waals surface area contributed by atoms with Crippen LogP contribution >= 0.6 is 0 Å². The van der Waals surface area contributed by atoms with Gasteiger partial charge in [0.05, 0.1) is 0 Å². The van der Waals surface area contributed by atoms with Gasteiger partial charge in [-0.1, -0.05) is 24.3 Å². The molecule has 0 aliphatic rings. The zero-order chi connectivity index (χ0) is 17.6. The van der Waals surface area contributed by atoms with E-state index < -0.39 is 10.4 Å². The highest BCUT2D eigenvalue weighted by Gasteiger charge is 2.00. The van der Waals surface area contributed by atoms with E-state index in [1.165, 1.54) is 22.5 Å². The topological polar surface area (TPSA) is 81.1 Å². The Kier molecular flexibility index (Phi) is 6.56. The molecule has 0 saturated heterocycles. The number of hydrogen-bond acceptors (Lipinski definition) is 4. The molecule has 0 spiro atoms. The summed E-state index contributed by atoms with van der Waals surface area (Å²) in [4.78, 5) is 4.22. The lowest BCUT2D eigenvalue weighted by molar-refractivity contribution is 0.381. The molecule has 23 heavy (non-hydrogen) atoms. The van der Waals surface area contributed by atoms with E-state index in [4.69, 9.17) is 17.5 Å². The van der Waals surface area contributed by atoms with Crippen LogP contribution in [0.4, 0.5) is 11.4 Å². The van der Waals surface area contributed by atoms with Crippen LogP contribution in [0.15, 0.2) is 48.5 Å². The normalized spacial score (nSPS) is 10.5. The molecule has 0 unspecified atom stereocenters. The Bertz CT molecular complexity index is 651. The fourth-order valence-electron chi connectivity index (χ4n) is 1.90. The summed E-state index contributed by atoms with van der Waals surface area (Å²) in [5.74, 6) is 0. The van der Waals surface area contributed by atoms with E-state index >= 15 is 0 Å². The number of hydrogen-bond donors (Lipinski definition) is 2. The lowest BCUT2D eigenvalue weighted by atomic mass is 10.0. The third kappa shape index (κ3) is 7.14. The average molecular weight is 338 g/mol. The summed E-state index contributed by atoms with van der Waals surface area (Å²) in [5.41, 5.74) is 4.96. The van der Waals surface area contributed by atoms with Crippen molar-refractivity contribution in [2.75, 3.05) is 38.0 Å². The molecule has 6 nitrogen and oxygen atoms in total.